The van der Waals surface area contributed by atoms with Gasteiger partial charge in [-0.1, -0.05) is 19.3 Å². The fraction of sp³-hybridized carbons (Fsp3) is 0.917. The maximum atomic E-state index is 13.0. The van der Waals surface area contributed by atoms with E-state index in [0.29, 0.717) is 11.8 Å². The molecule has 116 valence electrons. The summed E-state index contributed by atoms with van der Waals surface area (Å²) < 4.78 is 59.5. The van der Waals surface area contributed by atoms with Gasteiger partial charge in [-0.15, -0.1) is 0 Å². The number of carbonyl (C=O) groups is 1. The van der Waals surface area contributed by atoms with Crippen LogP contribution in [0.3, 0.4) is 0 Å². The number of alkyl halides is 2. The Kier molecular flexibility index (Phi) is 4.34. The summed E-state index contributed by atoms with van der Waals surface area (Å²) in [6.07, 6.45) is 6.20. The van der Waals surface area contributed by atoms with Crippen LogP contribution in [0.25, 0.3) is 0 Å². The third kappa shape index (κ3) is 3.28. The molecule has 8 heteroatoms. The predicted octanol–water partition coefficient (Wildman–Crippen LogP) is 2.23. The zero-order chi connectivity index (χ0) is 15.0. The lowest BCUT2D eigenvalue weighted by molar-refractivity contribution is -0.163. The van der Waals surface area contributed by atoms with E-state index in [1.165, 1.54) is 6.42 Å². The summed E-state index contributed by atoms with van der Waals surface area (Å²) in [4.78, 5) is 11.1. The second-order valence-electron chi connectivity index (χ2n) is 5.83. The minimum Gasteiger partial charge on any atom is -0.460 e. The van der Waals surface area contributed by atoms with E-state index < -0.39 is 21.3 Å². The average Bonchev–Trinajstić information content (AvgIpc) is 2.34. The molecule has 0 aromatic rings. The molecule has 1 N–H and O–H groups in total. The minimum atomic E-state index is -5.78. The van der Waals surface area contributed by atoms with Gasteiger partial charge in [0.15, 0.2) is 0 Å². The number of ether oxygens (including phenoxy) is 1. The summed E-state index contributed by atoms with van der Waals surface area (Å²) in [5.74, 6) is -1.10. The van der Waals surface area contributed by atoms with Crippen LogP contribution in [0.1, 0.15) is 38.5 Å². The molecule has 5 nitrogen and oxygen atoms in total. The molecule has 2 atom stereocenters. The molecule has 0 amide bonds. The lowest BCUT2D eigenvalue weighted by Gasteiger charge is -2.38. The smallest absolute Gasteiger partial charge is 0.460 e. The van der Waals surface area contributed by atoms with Gasteiger partial charge in [-0.2, -0.15) is 17.2 Å². The molecule has 2 saturated carbocycles. The standard InChI is InChI=1S/C12H18F2O5S/c13-12(14,20(16,17)18)11(15)19-7-10-5-8-2-1-3-9(4-8)6-10/h8-10H,1-7H2,(H,16,17,18). The van der Waals surface area contributed by atoms with Gasteiger partial charge in [-0.05, 0) is 37.0 Å². The monoisotopic (exact) mass is 312 g/mol. The van der Waals surface area contributed by atoms with Crippen LogP contribution in [0.4, 0.5) is 8.78 Å². The quantitative estimate of drug-likeness (QED) is 0.636. The first-order valence-electron chi connectivity index (χ1n) is 6.72. The van der Waals surface area contributed by atoms with Crippen LogP contribution in [-0.2, 0) is 19.6 Å². The van der Waals surface area contributed by atoms with Crippen molar-refractivity contribution in [2.75, 3.05) is 6.61 Å². The van der Waals surface area contributed by atoms with Gasteiger partial charge < -0.3 is 4.74 Å². The third-order valence-corrected chi connectivity index (χ3v) is 5.05. The van der Waals surface area contributed by atoms with E-state index >= 15 is 0 Å². The van der Waals surface area contributed by atoms with Crippen LogP contribution in [0.5, 0.6) is 0 Å². The first kappa shape index (κ1) is 15.6. The van der Waals surface area contributed by atoms with Gasteiger partial charge in [-0.3, -0.25) is 4.55 Å². The maximum absolute atomic E-state index is 13.0. The Labute approximate surface area is 116 Å². The number of fused-ring (bicyclic) bond motifs is 2. The molecular formula is C12H18F2O5S. The van der Waals surface area contributed by atoms with Crippen molar-refractivity contribution in [3.8, 4) is 0 Å². The van der Waals surface area contributed by atoms with Crippen LogP contribution in [0, 0.1) is 17.8 Å². The number of hydrogen-bond donors (Lipinski definition) is 1. The number of halogens is 2. The highest BCUT2D eigenvalue weighted by Crippen LogP contribution is 2.42. The van der Waals surface area contributed by atoms with Crippen LogP contribution < -0.4 is 0 Å². The molecule has 0 spiro atoms. The molecule has 2 rings (SSSR count). The van der Waals surface area contributed by atoms with E-state index in [-0.39, 0.29) is 12.5 Å². The molecule has 0 aromatic carbocycles. The largest absolute Gasteiger partial charge is 0.465 e. The fourth-order valence-corrected chi connectivity index (χ4v) is 3.66. The highest BCUT2D eigenvalue weighted by atomic mass is 32.2. The van der Waals surface area contributed by atoms with E-state index in [2.05, 4.69) is 4.74 Å². The number of esters is 1. The van der Waals surface area contributed by atoms with Crippen LogP contribution >= 0.6 is 0 Å². The molecule has 2 fully saturated rings. The van der Waals surface area contributed by atoms with Crippen molar-refractivity contribution in [3.63, 3.8) is 0 Å². The van der Waals surface area contributed by atoms with Gasteiger partial charge in [-0.25, -0.2) is 4.79 Å². The van der Waals surface area contributed by atoms with Gasteiger partial charge in [0.05, 0.1) is 6.61 Å². The molecule has 0 aromatic heterocycles. The Morgan fingerprint density at radius 3 is 2.25 bits per heavy atom. The summed E-state index contributed by atoms with van der Waals surface area (Å²) in [6.45, 7) is -0.211. The van der Waals surface area contributed by atoms with Crippen molar-refractivity contribution in [2.45, 2.75) is 43.8 Å². The predicted molar refractivity (Wildman–Crippen MR) is 65.6 cm³/mol. The highest BCUT2D eigenvalue weighted by molar-refractivity contribution is 7.87. The topological polar surface area (TPSA) is 80.7 Å². The Bertz CT molecular complexity index is 464. The van der Waals surface area contributed by atoms with Crippen LogP contribution in [0.2, 0.25) is 0 Å². The maximum Gasteiger partial charge on any atom is 0.465 e. The lowest BCUT2D eigenvalue weighted by Crippen LogP contribution is -2.40. The number of rotatable bonds is 4. The highest BCUT2D eigenvalue weighted by Gasteiger charge is 2.54. The van der Waals surface area contributed by atoms with Gasteiger partial charge in [0.25, 0.3) is 0 Å². The van der Waals surface area contributed by atoms with Crippen molar-refractivity contribution in [2.24, 2.45) is 17.8 Å². The molecule has 20 heavy (non-hydrogen) atoms. The second-order valence-corrected chi connectivity index (χ2v) is 7.29. The summed E-state index contributed by atoms with van der Waals surface area (Å²) in [5.41, 5.74) is 0. The number of carbonyl (C=O) groups excluding carboxylic acids is 1. The van der Waals surface area contributed by atoms with Crippen molar-refractivity contribution in [1.82, 2.24) is 0 Å². The molecule has 0 heterocycles. The Hall–Kier alpha value is -0.760. The van der Waals surface area contributed by atoms with E-state index in [9.17, 15) is 22.0 Å². The Morgan fingerprint density at radius 2 is 1.75 bits per heavy atom. The summed E-state index contributed by atoms with van der Waals surface area (Å²) >= 11 is 0. The fourth-order valence-electron chi connectivity index (χ4n) is 3.39. The van der Waals surface area contributed by atoms with Crippen molar-refractivity contribution in [1.29, 1.82) is 0 Å². The van der Waals surface area contributed by atoms with Crippen LogP contribution in [-0.4, -0.2) is 30.8 Å². The summed E-state index contributed by atoms with van der Waals surface area (Å²) in [5, 5.41) is -4.89. The van der Waals surface area contributed by atoms with E-state index in [4.69, 9.17) is 4.55 Å². The van der Waals surface area contributed by atoms with Crippen molar-refractivity contribution >= 4 is 16.1 Å². The normalized spacial score (nSPS) is 30.9. The molecule has 0 aliphatic heterocycles. The van der Waals surface area contributed by atoms with Crippen molar-refractivity contribution < 1.29 is 31.3 Å². The van der Waals surface area contributed by atoms with Gasteiger partial charge in [0, 0.05) is 0 Å². The summed E-state index contributed by atoms with van der Waals surface area (Å²) in [7, 11) is -5.78. The molecular weight excluding hydrogens is 294 g/mol. The zero-order valence-corrected chi connectivity index (χ0v) is 11.7. The lowest BCUT2D eigenvalue weighted by atomic mass is 9.68. The second kappa shape index (κ2) is 5.55. The third-order valence-electron chi connectivity index (χ3n) is 4.24. The summed E-state index contributed by atoms with van der Waals surface area (Å²) in [6, 6.07) is 0. The first-order chi connectivity index (χ1) is 9.20. The average molecular weight is 312 g/mol. The Morgan fingerprint density at radius 1 is 1.20 bits per heavy atom. The van der Waals surface area contributed by atoms with E-state index in [1.807, 2.05) is 0 Å². The van der Waals surface area contributed by atoms with E-state index in [0.717, 1.165) is 32.1 Å². The molecule has 2 bridgehead atoms. The van der Waals surface area contributed by atoms with E-state index in [1.54, 1.807) is 0 Å². The molecule has 2 aliphatic carbocycles. The SMILES string of the molecule is O=C(OCC1CC2CCCC(C2)C1)C(F)(F)S(=O)(=O)O. The number of hydrogen-bond acceptors (Lipinski definition) is 4. The minimum absolute atomic E-state index is 0.000182. The van der Waals surface area contributed by atoms with Gasteiger partial charge >= 0.3 is 21.3 Å². The Balaban J connectivity index is 1.88. The zero-order valence-electron chi connectivity index (χ0n) is 10.9. The first-order valence-corrected chi connectivity index (χ1v) is 8.16. The van der Waals surface area contributed by atoms with Crippen molar-refractivity contribution in [3.05, 3.63) is 0 Å². The molecule has 0 radical (unpaired) electrons. The van der Waals surface area contributed by atoms with Crippen LogP contribution in [0.15, 0.2) is 0 Å². The molecule has 2 aliphatic rings. The van der Waals surface area contributed by atoms with Gasteiger partial charge in [0.1, 0.15) is 0 Å². The van der Waals surface area contributed by atoms with Gasteiger partial charge in [0.2, 0.25) is 0 Å². The molecule has 0 saturated heterocycles. The molecule has 2 unspecified atom stereocenters.